The minimum absolute atomic E-state index is 0. The summed E-state index contributed by atoms with van der Waals surface area (Å²) in [6, 6.07) is 8.71. The molecule has 0 N–H and O–H groups in total. The van der Waals surface area contributed by atoms with Gasteiger partial charge in [0.15, 0.2) is 5.65 Å². The highest BCUT2D eigenvalue weighted by Gasteiger charge is 2.32. The highest BCUT2D eigenvalue weighted by molar-refractivity contribution is 5.87. The lowest BCUT2D eigenvalue weighted by Crippen LogP contribution is -2.51. The van der Waals surface area contributed by atoms with Crippen LogP contribution in [-0.4, -0.2) is 87.9 Å². The summed E-state index contributed by atoms with van der Waals surface area (Å²) < 4.78 is 7.56. The van der Waals surface area contributed by atoms with Crippen LogP contribution in [-0.2, 0) is 11.3 Å². The molecular formula is C28H41Cl2N7O2. The van der Waals surface area contributed by atoms with E-state index in [9.17, 15) is 4.79 Å². The molecule has 1 aliphatic carbocycles. The summed E-state index contributed by atoms with van der Waals surface area (Å²) in [6.07, 6.45) is 7.75. The van der Waals surface area contributed by atoms with Crippen molar-refractivity contribution in [1.29, 1.82) is 0 Å². The van der Waals surface area contributed by atoms with E-state index in [4.69, 9.17) is 4.74 Å². The van der Waals surface area contributed by atoms with Crippen molar-refractivity contribution < 1.29 is 9.53 Å². The van der Waals surface area contributed by atoms with Crippen LogP contribution >= 0.6 is 24.8 Å². The van der Waals surface area contributed by atoms with Crippen molar-refractivity contribution >= 4 is 47.6 Å². The molecule has 5 rings (SSSR count). The van der Waals surface area contributed by atoms with Gasteiger partial charge in [-0.05, 0) is 63.9 Å². The highest BCUT2D eigenvalue weighted by atomic mass is 35.5. The number of piperazine rings is 1. The first-order valence-corrected chi connectivity index (χ1v) is 13.7. The molecule has 0 unspecified atom stereocenters. The van der Waals surface area contributed by atoms with E-state index in [-0.39, 0.29) is 30.7 Å². The summed E-state index contributed by atoms with van der Waals surface area (Å²) in [5.41, 5.74) is 1.93. The lowest BCUT2D eigenvalue weighted by Gasteiger charge is -2.39. The van der Waals surface area contributed by atoms with Crippen molar-refractivity contribution in [3.05, 3.63) is 42.4 Å². The number of anilines is 1. The van der Waals surface area contributed by atoms with Gasteiger partial charge in [0.05, 0.1) is 24.7 Å². The molecule has 1 saturated heterocycles. The summed E-state index contributed by atoms with van der Waals surface area (Å²) in [5, 5.41) is 5.58. The van der Waals surface area contributed by atoms with Crippen LogP contribution < -0.4 is 9.64 Å². The smallest absolute Gasteiger partial charge is 0.225 e. The van der Waals surface area contributed by atoms with Crippen molar-refractivity contribution in [2.75, 3.05) is 51.3 Å². The first-order valence-electron chi connectivity index (χ1n) is 13.7. The Morgan fingerprint density at radius 1 is 1.05 bits per heavy atom. The number of hydrogen-bond acceptors (Lipinski definition) is 7. The first-order chi connectivity index (χ1) is 18.1. The van der Waals surface area contributed by atoms with Gasteiger partial charge in [0.25, 0.3) is 0 Å². The number of fused-ring (bicyclic) bond motifs is 1. The van der Waals surface area contributed by atoms with Crippen LogP contribution in [0.4, 0.5) is 5.82 Å². The zero-order chi connectivity index (χ0) is 25.8. The Hall–Kier alpha value is -2.62. The number of amides is 1. The average Bonchev–Trinajstić information content (AvgIpc) is 3.35. The normalized spacial score (nSPS) is 19.5. The van der Waals surface area contributed by atoms with Crippen molar-refractivity contribution in [3.63, 3.8) is 0 Å². The Morgan fingerprint density at radius 3 is 2.49 bits per heavy atom. The second kappa shape index (κ2) is 14.1. The third-order valence-electron chi connectivity index (χ3n) is 8.01. The fourth-order valence-electron chi connectivity index (χ4n) is 5.74. The van der Waals surface area contributed by atoms with E-state index in [0.29, 0.717) is 25.1 Å². The number of hydrogen-bond donors (Lipinski definition) is 0. The van der Waals surface area contributed by atoms with Crippen LogP contribution in [0.3, 0.4) is 0 Å². The topological polar surface area (TPSA) is 79.6 Å². The van der Waals surface area contributed by atoms with E-state index >= 15 is 0 Å². The maximum Gasteiger partial charge on any atom is 0.225 e. The molecule has 2 fully saturated rings. The predicted octanol–water partition coefficient (Wildman–Crippen LogP) is 4.28. The molecule has 3 aromatic rings. The molecule has 3 heterocycles. The predicted molar refractivity (Wildman–Crippen MR) is 159 cm³/mol. The highest BCUT2D eigenvalue weighted by Crippen LogP contribution is 2.30. The third-order valence-corrected chi connectivity index (χ3v) is 8.01. The van der Waals surface area contributed by atoms with Crippen LogP contribution in [0, 0.1) is 5.92 Å². The molecule has 214 valence electrons. The van der Waals surface area contributed by atoms with E-state index in [1.165, 1.54) is 0 Å². The fraction of sp³-hybridized carbons (Fsp3) is 0.571. The number of carbonyl (C=O) groups is 1. The number of aromatic nitrogens is 4. The van der Waals surface area contributed by atoms with Crippen LogP contribution in [0.2, 0.25) is 0 Å². The standard InChI is InChI=1S/C28H39N7O2.2ClH/c1-4-32(3)23-11-9-22(10-12-23)28(36)34-15-13-33(14-16-34)26-25-18-31-35(27(25)30-20-29-26)19-21-7-6-8-24(17-21)37-5-2;;/h6-8,17-18,20,22-23H,4-5,9-16,19H2,1-3H3;2*1H/t22-,23-;;. The minimum atomic E-state index is 0. The molecule has 1 saturated carbocycles. The minimum Gasteiger partial charge on any atom is -0.494 e. The maximum absolute atomic E-state index is 13.2. The molecule has 0 bridgehead atoms. The molecule has 2 aliphatic rings. The molecular weight excluding hydrogens is 537 g/mol. The van der Waals surface area contributed by atoms with Crippen LogP contribution in [0.15, 0.2) is 36.8 Å². The van der Waals surface area contributed by atoms with Gasteiger partial charge in [0, 0.05) is 38.1 Å². The first kappa shape index (κ1) is 30.9. The lowest BCUT2D eigenvalue weighted by atomic mass is 9.84. The van der Waals surface area contributed by atoms with Gasteiger partial charge in [-0.25, -0.2) is 14.6 Å². The van der Waals surface area contributed by atoms with Crippen LogP contribution in [0.5, 0.6) is 5.75 Å². The number of rotatable bonds is 8. The van der Waals surface area contributed by atoms with Gasteiger partial charge in [0.1, 0.15) is 17.9 Å². The molecule has 1 aromatic carbocycles. The largest absolute Gasteiger partial charge is 0.494 e. The van der Waals surface area contributed by atoms with Crippen LogP contribution in [0.25, 0.3) is 11.0 Å². The quantitative estimate of drug-likeness (QED) is 0.395. The van der Waals surface area contributed by atoms with Gasteiger partial charge in [-0.1, -0.05) is 19.1 Å². The van der Waals surface area contributed by atoms with Crippen LogP contribution in [0.1, 0.15) is 45.1 Å². The Balaban J connectivity index is 0.00000210. The van der Waals surface area contributed by atoms with Gasteiger partial charge >= 0.3 is 0 Å². The average molecular weight is 579 g/mol. The number of benzene rings is 1. The second-order valence-corrected chi connectivity index (χ2v) is 10.2. The molecule has 39 heavy (non-hydrogen) atoms. The second-order valence-electron chi connectivity index (χ2n) is 10.2. The molecule has 2 aromatic heterocycles. The molecule has 1 amide bonds. The Labute approximate surface area is 243 Å². The number of ether oxygens (including phenoxy) is 1. The summed E-state index contributed by atoms with van der Waals surface area (Å²) in [4.78, 5) is 29.2. The van der Waals surface area contributed by atoms with Crippen molar-refractivity contribution in [2.45, 2.75) is 52.1 Å². The fourth-order valence-corrected chi connectivity index (χ4v) is 5.74. The zero-order valence-corrected chi connectivity index (χ0v) is 24.8. The molecule has 0 atom stereocenters. The zero-order valence-electron chi connectivity index (χ0n) is 23.2. The van der Waals surface area contributed by atoms with Gasteiger partial charge in [-0.15, -0.1) is 24.8 Å². The van der Waals surface area contributed by atoms with E-state index < -0.39 is 0 Å². The van der Waals surface area contributed by atoms with E-state index in [1.807, 2.05) is 36.0 Å². The van der Waals surface area contributed by atoms with Crippen molar-refractivity contribution in [2.24, 2.45) is 5.92 Å². The van der Waals surface area contributed by atoms with E-state index in [1.54, 1.807) is 6.33 Å². The van der Waals surface area contributed by atoms with Gasteiger partial charge < -0.3 is 19.4 Å². The summed E-state index contributed by atoms with van der Waals surface area (Å²) >= 11 is 0. The summed E-state index contributed by atoms with van der Waals surface area (Å²) in [6.45, 7) is 9.52. The number of halogens is 2. The SMILES string of the molecule is CCOc1cccc(Cn2ncc3c(N4CCN(C(=O)[C@H]5CC[C@H](N(C)CC)CC5)CC4)ncnc32)c1.Cl.Cl. The third kappa shape index (κ3) is 6.94. The van der Waals surface area contributed by atoms with Crippen molar-refractivity contribution in [3.8, 4) is 5.75 Å². The molecule has 11 heteroatoms. The lowest BCUT2D eigenvalue weighted by molar-refractivity contribution is -0.137. The molecule has 0 spiro atoms. The monoisotopic (exact) mass is 577 g/mol. The summed E-state index contributed by atoms with van der Waals surface area (Å²) in [7, 11) is 2.19. The number of carbonyl (C=O) groups excluding carboxylic acids is 1. The van der Waals surface area contributed by atoms with Crippen molar-refractivity contribution in [1.82, 2.24) is 29.5 Å². The Kier molecular flexibility index (Phi) is 11.2. The molecule has 0 radical (unpaired) electrons. The van der Waals surface area contributed by atoms with Gasteiger partial charge in [-0.2, -0.15) is 5.10 Å². The molecule has 1 aliphatic heterocycles. The summed E-state index contributed by atoms with van der Waals surface area (Å²) in [5.74, 6) is 2.28. The maximum atomic E-state index is 13.2. The molecule has 9 nitrogen and oxygen atoms in total. The van der Waals surface area contributed by atoms with Gasteiger partial charge in [0.2, 0.25) is 5.91 Å². The Bertz CT molecular complexity index is 1210. The van der Waals surface area contributed by atoms with Gasteiger partial charge in [-0.3, -0.25) is 4.79 Å². The van der Waals surface area contributed by atoms with E-state index in [0.717, 1.165) is 86.6 Å². The number of nitrogens with zero attached hydrogens (tertiary/aromatic N) is 7. The van der Waals surface area contributed by atoms with E-state index in [2.05, 4.69) is 49.8 Å². The Morgan fingerprint density at radius 2 is 1.79 bits per heavy atom.